The van der Waals surface area contributed by atoms with Crippen molar-refractivity contribution in [3.63, 3.8) is 0 Å². The van der Waals surface area contributed by atoms with Gasteiger partial charge in [0.1, 0.15) is 5.69 Å². The van der Waals surface area contributed by atoms with Crippen molar-refractivity contribution in [3.05, 3.63) is 29.6 Å². The number of carbonyl (C=O) groups excluding carboxylic acids is 2. The molecule has 1 aromatic rings. The second-order valence-corrected chi connectivity index (χ2v) is 4.67. The Morgan fingerprint density at radius 3 is 2.58 bits per heavy atom. The number of nitrogens with zero attached hydrogens (tertiary/aromatic N) is 1. The number of carboxylic acids is 1. The molecule has 19 heavy (non-hydrogen) atoms. The molecule has 0 aromatic carbocycles. The zero-order chi connectivity index (χ0) is 14.6. The Hall–Kier alpha value is -2.44. The van der Waals surface area contributed by atoms with Crippen LogP contribution in [0.2, 0.25) is 0 Å². The number of nitrogens with two attached hydrogens (primary N) is 1. The number of hydrogen-bond acceptors (Lipinski definition) is 4. The Morgan fingerprint density at radius 2 is 2.05 bits per heavy atom. The summed E-state index contributed by atoms with van der Waals surface area (Å²) in [7, 11) is 0. The quantitative estimate of drug-likeness (QED) is 0.692. The van der Waals surface area contributed by atoms with Crippen LogP contribution in [-0.4, -0.2) is 34.4 Å². The highest BCUT2D eigenvalue weighted by Gasteiger charge is 2.25. The highest BCUT2D eigenvalue weighted by atomic mass is 16.4. The van der Waals surface area contributed by atoms with E-state index in [4.69, 9.17) is 10.8 Å². The summed E-state index contributed by atoms with van der Waals surface area (Å²) in [5.74, 6) is -2.24. The van der Waals surface area contributed by atoms with Gasteiger partial charge in [0.15, 0.2) is 0 Å². The summed E-state index contributed by atoms with van der Waals surface area (Å²) < 4.78 is 0. The van der Waals surface area contributed by atoms with E-state index in [9.17, 15) is 14.4 Å². The Labute approximate surface area is 109 Å². The molecule has 1 aromatic heterocycles. The van der Waals surface area contributed by atoms with Crippen molar-refractivity contribution in [2.24, 2.45) is 11.1 Å². The predicted molar refractivity (Wildman–Crippen MR) is 66.5 cm³/mol. The highest BCUT2D eigenvalue weighted by Crippen LogP contribution is 2.12. The number of nitrogens with one attached hydrogen (secondary N) is 1. The summed E-state index contributed by atoms with van der Waals surface area (Å²) in [6.07, 6.45) is 1.23. The van der Waals surface area contributed by atoms with Crippen LogP contribution in [0.3, 0.4) is 0 Å². The fourth-order valence-corrected chi connectivity index (χ4v) is 1.18. The summed E-state index contributed by atoms with van der Waals surface area (Å²) in [5.41, 5.74) is 4.24. The molecule has 0 unspecified atom stereocenters. The van der Waals surface area contributed by atoms with Gasteiger partial charge in [0.05, 0.1) is 5.41 Å². The van der Waals surface area contributed by atoms with Crippen LogP contribution in [0.15, 0.2) is 18.3 Å². The Bertz CT molecular complexity index is 525. The molecule has 0 radical (unpaired) electrons. The molecule has 4 N–H and O–H groups in total. The van der Waals surface area contributed by atoms with Crippen LogP contribution in [0.4, 0.5) is 0 Å². The molecule has 2 amide bonds. The van der Waals surface area contributed by atoms with Gasteiger partial charge < -0.3 is 16.2 Å². The van der Waals surface area contributed by atoms with E-state index < -0.39 is 23.2 Å². The molecule has 0 spiro atoms. The Morgan fingerprint density at radius 1 is 1.42 bits per heavy atom. The van der Waals surface area contributed by atoms with Crippen molar-refractivity contribution >= 4 is 17.8 Å². The van der Waals surface area contributed by atoms with Gasteiger partial charge in [-0.25, -0.2) is 9.78 Å². The smallest absolute Gasteiger partial charge is 0.354 e. The third kappa shape index (κ3) is 3.77. The molecule has 0 aliphatic carbocycles. The van der Waals surface area contributed by atoms with Crippen molar-refractivity contribution in [1.29, 1.82) is 0 Å². The fourth-order valence-electron chi connectivity index (χ4n) is 1.18. The van der Waals surface area contributed by atoms with Crippen LogP contribution in [0.1, 0.15) is 34.7 Å². The minimum Gasteiger partial charge on any atom is -0.477 e. The van der Waals surface area contributed by atoms with Crippen molar-refractivity contribution in [2.45, 2.75) is 13.8 Å². The van der Waals surface area contributed by atoms with E-state index in [0.717, 1.165) is 6.07 Å². The summed E-state index contributed by atoms with van der Waals surface area (Å²) in [5, 5.41) is 11.3. The topological polar surface area (TPSA) is 122 Å². The molecule has 0 saturated carbocycles. The second-order valence-electron chi connectivity index (χ2n) is 4.67. The Balaban J connectivity index is 2.77. The number of pyridine rings is 1. The van der Waals surface area contributed by atoms with Gasteiger partial charge in [-0.3, -0.25) is 9.59 Å². The van der Waals surface area contributed by atoms with E-state index in [1.807, 2.05) is 0 Å². The molecule has 102 valence electrons. The van der Waals surface area contributed by atoms with Gasteiger partial charge in [0.25, 0.3) is 5.91 Å². The van der Waals surface area contributed by atoms with Crippen LogP contribution >= 0.6 is 0 Å². The first kappa shape index (κ1) is 14.6. The van der Waals surface area contributed by atoms with Crippen LogP contribution in [0, 0.1) is 5.41 Å². The van der Waals surface area contributed by atoms with Crippen molar-refractivity contribution < 1.29 is 19.5 Å². The van der Waals surface area contributed by atoms with E-state index in [-0.39, 0.29) is 17.8 Å². The third-order valence-electron chi connectivity index (χ3n) is 2.60. The van der Waals surface area contributed by atoms with Gasteiger partial charge in [-0.15, -0.1) is 0 Å². The van der Waals surface area contributed by atoms with Gasteiger partial charge in [0.2, 0.25) is 5.91 Å². The van der Waals surface area contributed by atoms with Gasteiger partial charge >= 0.3 is 5.97 Å². The van der Waals surface area contributed by atoms with Crippen LogP contribution in [0.25, 0.3) is 0 Å². The van der Waals surface area contributed by atoms with E-state index in [1.54, 1.807) is 13.8 Å². The normalized spacial score (nSPS) is 10.8. The summed E-state index contributed by atoms with van der Waals surface area (Å²) in [6, 6.07) is 2.55. The molecule has 0 saturated heterocycles. The maximum Gasteiger partial charge on any atom is 0.354 e. The van der Waals surface area contributed by atoms with Gasteiger partial charge in [-0.2, -0.15) is 0 Å². The Kier molecular flexibility index (Phi) is 4.21. The largest absolute Gasteiger partial charge is 0.477 e. The number of rotatable bonds is 5. The predicted octanol–water partition coefficient (Wildman–Crippen LogP) is 0.0211. The zero-order valence-corrected chi connectivity index (χ0v) is 10.6. The maximum absolute atomic E-state index is 11.8. The number of hydrogen-bond donors (Lipinski definition) is 3. The SMILES string of the molecule is CC(C)(CNC(=O)c1ccnc(C(=O)O)c1)C(N)=O. The number of aromatic carboxylic acids is 1. The average Bonchev–Trinajstić information content (AvgIpc) is 2.36. The number of carbonyl (C=O) groups is 3. The lowest BCUT2D eigenvalue weighted by Crippen LogP contribution is -2.42. The van der Waals surface area contributed by atoms with Crippen LogP contribution < -0.4 is 11.1 Å². The van der Waals surface area contributed by atoms with Crippen LogP contribution in [0.5, 0.6) is 0 Å². The molecule has 0 aliphatic rings. The number of carboxylic acid groups (broad SMARTS) is 1. The van der Waals surface area contributed by atoms with E-state index in [1.165, 1.54) is 12.3 Å². The minimum atomic E-state index is -1.22. The van der Waals surface area contributed by atoms with E-state index in [2.05, 4.69) is 10.3 Å². The lowest BCUT2D eigenvalue weighted by molar-refractivity contribution is -0.125. The van der Waals surface area contributed by atoms with Crippen LogP contribution in [-0.2, 0) is 4.79 Å². The molecule has 1 heterocycles. The van der Waals surface area contributed by atoms with E-state index in [0.29, 0.717) is 0 Å². The first-order valence-electron chi connectivity index (χ1n) is 5.51. The van der Waals surface area contributed by atoms with Gasteiger partial charge in [-0.1, -0.05) is 0 Å². The molecular weight excluding hydrogens is 250 g/mol. The van der Waals surface area contributed by atoms with Gasteiger partial charge in [-0.05, 0) is 26.0 Å². The molecule has 1 rings (SSSR count). The minimum absolute atomic E-state index is 0.0614. The highest BCUT2D eigenvalue weighted by molar-refractivity contribution is 5.96. The number of primary amides is 1. The lowest BCUT2D eigenvalue weighted by Gasteiger charge is -2.20. The fraction of sp³-hybridized carbons (Fsp3) is 0.333. The van der Waals surface area contributed by atoms with Crippen molar-refractivity contribution in [2.75, 3.05) is 6.54 Å². The monoisotopic (exact) mass is 265 g/mol. The van der Waals surface area contributed by atoms with E-state index >= 15 is 0 Å². The number of amides is 2. The van der Waals surface area contributed by atoms with Crippen molar-refractivity contribution in [1.82, 2.24) is 10.3 Å². The summed E-state index contributed by atoms with van der Waals surface area (Å²) in [6.45, 7) is 3.27. The molecule has 0 aliphatic heterocycles. The van der Waals surface area contributed by atoms with Crippen molar-refractivity contribution in [3.8, 4) is 0 Å². The average molecular weight is 265 g/mol. The summed E-state index contributed by atoms with van der Waals surface area (Å²) >= 11 is 0. The van der Waals surface area contributed by atoms with Gasteiger partial charge in [0, 0.05) is 18.3 Å². The molecule has 0 atom stereocenters. The zero-order valence-electron chi connectivity index (χ0n) is 10.6. The molecule has 7 heteroatoms. The second kappa shape index (κ2) is 5.47. The molecular formula is C12H15N3O4. The first-order chi connectivity index (χ1) is 8.74. The maximum atomic E-state index is 11.8. The third-order valence-corrected chi connectivity index (χ3v) is 2.60. The standard InChI is InChI=1S/C12H15N3O4/c1-12(2,11(13)19)6-15-9(16)7-3-4-14-8(5-7)10(17)18/h3-5H,6H2,1-2H3,(H2,13,19)(H,15,16)(H,17,18). The first-order valence-corrected chi connectivity index (χ1v) is 5.51. The molecule has 0 bridgehead atoms. The molecule has 0 fully saturated rings. The lowest BCUT2D eigenvalue weighted by atomic mass is 9.92. The molecule has 7 nitrogen and oxygen atoms in total. The number of aromatic nitrogens is 1. The summed E-state index contributed by atoms with van der Waals surface area (Å²) in [4.78, 5) is 37.2.